The van der Waals surface area contributed by atoms with Crippen LogP contribution in [-0.4, -0.2) is 69.6 Å². The predicted molar refractivity (Wildman–Crippen MR) is 124 cm³/mol. The molecule has 0 unspecified atom stereocenters. The number of imidazole rings is 1. The van der Waals surface area contributed by atoms with Crippen LogP contribution in [0.25, 0.3) is 16.9 Å². The molecule has 0 fully saturated rings. The highest BCUT2D eigenvalue weighted by Gasteiger charge is 2.18. The number of carbonyl (C=O) groups is 1. The molecule has 172 valence electrons. The Labute approximate surface area is 188 Å². The summed E-state index contributed by atoms with van der Waals surface area (Å²) in [4.78, 5) is 35.9. The average Bonchev–Trinajstić information content (AvgIpc) is 3.05. The van der Waals surface area contributed by atoms with E-state index in [1.54, 1.807) is 23.5 Å². The zero-order valence-corrected chi connectivity index (χ0v) is 19.7. The van der Waals surface area contributed by atoms with Crippen LogP contribution >= 0.6 is 0 Å². The maximum atomic E-state index is 12.9. The van der Waals surface area contributed by atoms with Crippen molar-refractivity contribution in [2.24, 2.45) is 0 Å². The molecule has 0 aliphatic carbocycles. The Morgan fingerprint density at radius 2 is 1.97 bits per heavy atom. The lowest BCUT2D eigenvalue weighted by Crippen LogP contribution is -2.34. The van der Waals surface area contributed by atoms with Gasteiger partial charge in [0.2, 0.25) is 5.91 Å². The number of fused-ring (bicyclic) bond motifs is 1. The SMILES string of the molecule is CCCc1nc(C)c2c(=O)[nH]c(-c3cc(CN(C)CC(=O)N(C)C)ccc3OCC)nn12. The van der Waals surface area contributed by atoms with E-state index in [1.165, 1.54) is 0 Å². The Morgan fingerprint density at radius 3 is 2.62 bits per heavy atom. The molecule has 1 aromatic carbocycles. The number of aromatic amines is 1. The van der Waals surface area contributed by atoms with Gasteiger partial charge in [-0.15, -0.1) is 5.10 Å². The number of hydrogen-bond donors (Lipinski definition) is 1. The van der Waals surface area contributed by atoms with Gasteiger partial charge in [0.1, 0.15) is 11.6 Å². The summed E-state index contributed by atoms with van der Waals surface area (Å²) in [6.07, 6.45) is 1.63. The predicted octanol–water partition coefficient (Wildman–Crippen LogP) is 2.26. The van der Waals surface area contributed by atoms with Crippen LogP contribution in [0.15, 0.2) is 23.0 Å². The number of benzene rings is 1. The molecule has 1 amide bonds. The van der Waals surface area contributed by atoms with Crippen molar-refractivity contribution < 1.29 is 9.53 Å². The van der Waals surface area contributed by atoms with Crippen LogP contribution < -0.4 is 10.3 Å². The standard InChI is InChI=1S/C23H32N6O3/c1-7-9-19-24-15(3)21-23(31)25-22(26-29(19)21)17-12-16(10-11-18(17)32-8-2)13-28(6)14-20(30)27(4)5/h10-12H,7-9,13-14H2,1-6H3,(H,25,26,31). The highest BCUT2D eigenvalue weighted by Crippen LogP contribution is 2.29. The van der Waals surface area contributed by atoms with Crippen LogP contribution in [-0.2, 0) is 17.8 Å². The van der Waals surface area contributed by atoms with Crippen molar-refractivity contribution in [3.05, 3.63) is 45.6 Å². The number of rotatable bonds is 9. The molecule has 0 atom stereocenters. The third-order valence-corrected chi connectivity index (χ3v) is 5.17. The topological polar surface area (TPSA) is 95.8 Å². The summed E-state index contributed by atoms with van der Waals surface area (Å²) in [6.45, 7) is 7.17. The summed E-state index contributed by atoms with van der Waals surface area (Å²) < 4.78 is 7.47. The van der Waals surface area contributed by atoms with Crippen LogP contribution in [0.5, 0.6) is 5.75 Å². The van der Waals surface area contributed by atoms with Gasteiger partial charge in [-0.3, -0.25) is 14.5 Å². The number of nitrogens with one attached hydrogen (secondary N) is 1. The third-order valence-electron chi connectivity index (χ3n) is 5.17. The van der Waals surface area contributed by atoms with Gasteiger partial charge < -0.3 is 14.6 Å². The number of hydrogen-bond acceptors (Lipinski definition) is 6. The van der Waals surface area contributed by atoms with E-state index in [0.717, 1.165) is 24.2 Å². The molecular formula is C23H32N6O3. The Bertz CT molecular complexity index is 1160. The molecule has 0 saturated carbocycles. The van der Waals surface area contributed by atoms with Gasteiger partial charge in [-0.2, -0.15) is 0 Å². The van der Waals surface area contributed by atoms with Gasteiger partial charge >= 0.3 is 0 Å². The second-order valence-electron chi connectivity index (χ2n) is 8.15. The fourth-order valence-electron chi connectivity index (χ4n) is 3.62. The van der Waals surface area contributed by atoms with Gasteiger partial charge in [0.25, 0.3) is 5.56 Å². The van der Waals surface area contributed by atoms with Crippen molar-refractivity contribution >= 4 is 11.4 Å². The lowest BCUT2D eigenvalue weighted by atomic mass is 10.1. The number of H-pyrrole nitrogens is 1. The monoisotopic (exact) mass is 440 g/mol. The Balaban J connectivity index is 2.04. The number of likely N-dealkylation sites (N-methyl/N-ethyl adjacent to an activating group) is 2. The first-order valence-electron chi connectivity index (χ1n) is 10.9. The van der Waals surface area contributed by atoms with Gasteiger partial charge in [-0.1, -0.05) is 13.0 Å². The smallest absolute Gasteiger partial charge is 0.277 e. The number of aryl methyl sites for hydroxylation is 2. The summed E-state index contributed by atoms with van der Waals surface area (Å²) in [5, 5.41) is 4.72. The highest BCUT2D eigenvalue weighted by molar-refractivity contribution is 5.77. The summed E-state index contributed by atoms with van der Waals surface area (Å²) in [5.41, 5.74) is 2.58. The van der Waals surface area contributed by atoms with Gasteiger partial charge in [-0.25, -0.2) is 9.50 Å². The Morgan fingerprint density at radius 1 is 1.22 bits per heavy atom. The van der Waals surface area contributed by atoms with Crippen molar-refractivity contribution in [1.82, 2.24) is 29.4 Å². The van der Waals surface area contributed by atoms with Crippen molar-refractivity contribution in [2.75, 3.05) is 34.3 Å². The fourth-order valence-corrected chi connectivity index (χ4v) is 3.62. The Hall–Kier alpha value is -3.20. The zero-order chi connectivity index (χ0) is 23.4. The molecule has 0 aliphatic heterocycles. The van der Waals surface area contributed by atoms with Crippen molar-refractivity contribution in [3.8, 4) is 17.1 Å². The lowest BCUT2D eigenvalue weighted by Gasteiger charge is -2.20. The number of aromatic nitrogens is 4. The fraction of sp³-hybridized carbons (Fsp3) is 0.478. The van der Waals surface area contributed by atoms with Crippen LogP contribution in [0.4, 0.5) is 0 Å². The summed E-state index contributed by atoms with van der Waals surface area (Å²) >= 11 is 0. The highest BCUT2D eigenvalue weighted by atomic mass is 16.5. The number of ether oxygens (including phenoxy) is 1. The second-order valence-corrected chi connectivity index (χ2v) is 8.15. The molecule has 3 rings (SSSR count). The minimum Gasteiger partial charge on any atom is -0.493 e. The van der Waals surface area contributed by atoms with Crippen LogP contribution in [0, 0.1) is 6.92 Å². The van der Waals surface area contributed by atoms with Gasteiger partial charge in [0.15, 0.2) is 11.3 Å². The van der Waals surface area contributed by atoms with E-state index >= 15 is 0 Å². The molecule has 0 aliphatic rings. The molecule has 0 spiro atoms. The second kappa shape index (κ2) is 9.95. The maximum Gasteiger partial charge on any atom is 0.277 e. The molecule has 0 saturated heterocycles. The maximum absolute atomic E-state index is 12.9. The molecule has 3 aromatic rings. The van der Waals surface area contributed by atoms with Crippen molar-refractivity contribution in [2.45, 2.75) is 40.2 Å². The normalized spacial score (nSPS) is 11.3. The van der Waals surface area contributed by atoms with E-state index in [4.69, 9.17) is 9.84 Å². The molecule has 2 heterocycles. The van der Waals surface area contributed by atoms with Crippen LogP contribution in [0.2, 0.25) is 0 Å². The van der Waals surface area contributed by atoms with Crippen LogP contribution in [0.1, 0.15) is 37.4 Å². The molecule has 1 N–H and O–H groups in total. The average molecular weight is 441 g/mol. The minimum atomic E-state index is -0.232. The van der Waals surface area contributed by atoms with E-state index in [9.17, 15) is 9.59 Å². The zero-order valence-electron chi connectivity index (χ0n) is 19.7. The molecule has 32 heavy (non-hydrogen) atoms. The summed E-state index contributed by atoms with van der Waals surface area (Å²) in [6, 6.07) is 5.80. The molecular weight excluding hydrogens is 408 g/mol. The molecule has 9 nitrogen and oxygen atoms in total. The first-order valence-corrected chi connectivity index (χ1v) is 10.9. The van der Waals surface area contributed by atoms with Crippen molar-refractivity contribution in [3.63, 3.8) is 0 Å². The Kier molecular flexibility index (Phi) is 7.29. The largest absolute Gasteiger partial charge is 0.493 e. The first kappa shape index (κ1) is 23.5. The summed E-state index contributed by atoms with van der Waals surface area (Å²) in [7, 11) is 5.39. The summed E-state index contributed by atoms with van der Waals surface area (Å²) in [5.74, 6) is 1.87. The van der Waals surface area contributed by atoms with Crippen LogP contribution in [0.3, 0.4) is 0 Å². The lowest BCUT2D eigenvalue weighted by molar-refractivity contribution is -0.129. The van der Waals surface area contributed by atoms with E-state index in [0.29, 0.717) is 48.0 Å². The molecule has 0 bridgehead atoms. The van der Waals surface area contributed by atoms with Gasteiger partial charge in [-0.05, 0) is 45.0 Å². The van der Waals surface area contributed by atoms with Gasteiger partial charge in [0, 0.05) is 27.1 Å². The molecule has 0 radical (unpaired) electrons. The number of amides is 1. The van der Waals surface area contributed by atoms with E-state index < -0.39 is 0 Å². The van der Waals surface area contributed by atoms with E-state index in [1.807, 2.05) is 44.0 Å². The number of nitrogens with zero attached hydrogens (tertiary/aromatic N) is 5. The third kappa shape index (κ3) is 4.99. The van der Waals surface area contributed by atoms with Crippen molar-refractivity contribution in [1.29, 1.82) is 0 Å². The minimum absolute atomic E-state index is 0.0361. The quantitative estimate of drug-likeness (QED) is 0.548. The van der Waals surface area contributed by atoms with E-state index in [-0.39, 0.29) is 11.5 Å². The number of carbonyl (C=O) groups excluding carboxylic acids is 1. The molecule has 9 heteroatoms. The molecule has 2 aromatic heterocycles. The van der Waals surface area contributed by atoms with E-state index in [2.05, 4.69) is 16.9 Å². The first-order chi connectivity index (χ1) is 15.2. The van der Waals surface area contributed by atoms with Gasteiger partial charge in [0.05, 0.1) is 24.4 Å².